The van der Waals surface area contributed by atoms with E-state index in [0.717, 1.165) is 4.90 Å². The molecule has 1 N–H and O–H groups in total. The molecular formula is C14H20N2O3. The molecular weight excluding hydrogens is 244 g/mol. The number of allylic oxidation sites excluding steroid dienone is 2. The first-order valence-electron chi connectivity index (χ1n) is 6.51. The van der Waals surface area contributed by atoms with Gasteiger partial charge in [-0.1, -0.05) is 19.1 Å². The monoisotopic (exact) mass is 264 g/mol. The standard InChI is InChI=1S/C14H20N2O3/c1-5-8-11-10(6-2)13(18)16(14(11)19)9(4)12(17)15-7-3/h6,8-9H,5,7H2,1-4H3,(H,15,17)/b10-6+,11-8+. The molecule has 0 aromatic heterocycles. The van der Waals surface area contributed by atoms with Crippen molar-refractivity contribution >= 4 is 17.7 Å². The van der Waals surface area contributed by atoms with Gasteiger partial charge in [-0.2, -0.15) is 0 Å². The van der Waals surface area contributed by atoms with E-state index < -0.39 is 17.9 Å². The number of nitrogens with zero attached hydrogens (tertiary/aromatic N) is 1. The fourth-order valence-corrected chi connectivity index (χ4v) is 2.05. The van der Waals surface area contributed by atoms with Gasteiger partial charge in [0.15, 0.2) is 0 Å². The van der Waals surface area contributed by atoms with Gasteiger partial charge in [0, 0.05) is 17.7 Å². The summed E-state index contributed by atoms with van der Waals surface area (Å²) in [5.74, 6) is -1.11. The molecule has 0 aliphatic carbocycles. The van der Waals surface area contributed by atoms with Crippen LogP contribution in [0.2, 0.25) is 0 Å². The highest BCUT2D eigenvalue weighted by atomic mass is 16.2. The summed E-state index contributed by atoms with van der Waals surface area (Å²) in [5, 5.41) is 2.62. The van der Waals surface area contributed by atoms with Crippen LogP contribution < -0.4 is 5.32 Å². The van der Waals surface area contributed by atoms with Gasteiger partial charge >= 0.3 is 0 Å². The van der Waals surface area contributed by atoms with Crippen LogP contribution in [-0.2, 0) is 14.4 Å². The summed E-state index contributed by atoms with van der Waals surface area (Å²) in [6.07, 6.45) is 4.00. The third-order valence-corrected chi connectivity index (χ3v) is 3.00. The van der Waals surface area contributed by atoms with Gasteiger partial charge in [-0.3, -0.25) is 19.3 Å². The van der Waals surface area contributed by atoms with E-state index in [4.69, 9.17) is 0 Å². The molecule has 1 aliphatic rings. The molecule has 1 saturated heterocycles. The Balaban J connectivity index is 3.11. The molecule has 1 rings (SSSR count). The highest BCUT2D eigenvalue weighted by Crippen LogP contribution is 2.27. The van der Waals surface area contributed by atoms with E-state index in [1.54, 1.807) is 32.9 Å². The lowest BCUT2D eigenvalue weighted by Crippen LogP contribution is -2.47. The molecule has 0 spiro atoms. The van der Waals surface area contributed by atoms with Gasteiger partial charge < -0.3 is 5.32 Å². The first kappa shape index (κ1) is 15.1. The average Bonchev–Trinajstić information content (AvgIpc) is 2.61. The minimum atomic E-state index is -0.794. The predicted octanol–water partition coefficient (Wildman–Crippen LogP) is 1.16. The van der Waals surface area contributed by atoms with Crippen LogP contribution in [0, 0.1) is 0 Å². The van der Waals surface area contributed by atoms with Gasteiger partial charge in [0.05, 0.1) is 0 Å². The Morgan fingerprint density at radius 2 is 1.84 bits per heavy atom. The summed E-state index contributed by atoms with van der Waals surface area (Å²) in [6, 6.07) is -0.794. The lowest BCUT2D eigenvalue weighted by molar-refractivity contribution is -0.144. The molecule has 3 amide bonds. The number of likely N-dealkylation sites (tertiary alicyclic amines) is 1. The SMILES string of the molecule is C/C=C1/C(=O)N(C(C)C(=O)NCC)C(=O)/C1=C/CC. The van der Waals surface area contributed by atoms with Crippen molar-refractivity contribution in [3.63, 3.8) is 0 Å². The van der Waals surface area contributed by atoms with E-state index in [0.29, 0.717) is 24.1 Å². The molecule has 19 heavy (non-hydrogen) atoms. The molecule has 1 aliphatic heterocycles. The molecule has 5 nitrogen and oxygen atoms in total. The molecule has 0 aromatic carbocycles. The summed E-state index contributed by atoms with van der Waals surface area (Å²) in [5.41, 5.74) is 0.772. The molecule has 1 heterocycles. The highest BCUT2D eigenvalue weighted by Gasteiger charge is 2.42. The first-order chi connectivity index (χ1) is 8.99. The van der Waals surface area contributed by atoms with Gasteiger partial charge in [0.25, 0.3) is 11.8 Å². The van der Waals surface area contributed by atoms with Crippen LogP contribution in [0.25, 0.3) is 0 Å². The van der Waals surface area contributed by atoms with E-state index >= 15 is 0 Å². The predicted molar refractivity (Wildman–Crippen MR) is 72.1 cm³/mol. The Hall–Kier alpha value is -1.91. The maximum Gasteiger partial charge on any atom is 0.261 e. The van der Waals surface area contributed by atoms with Crippen molar-refractivity contribution in [2.24, 2.45) is 0 Å². The lowest BCUT2D eigenvalue weighted by atomic mass is 10.1. The minimum absolute atomic E-state index is 0.322. The maximum atomic E-state index is 12.2. The van der Waals surface area contributed by atoms with Crippen LogP contribution in [-0.4, -0.2) is 35.2 Å². The van der Waals surface area contributed by atoms with Gasteiger partial charge in [-0.05, 0) is 27.2 Å². The molecule has 1 fully saturated rings. The summed E-state index contributed by atoms with van der Waals surface area (Å²) in [7, 11) is 0. The van der Waals surface area contributed by atoms with Crippen molar-refractivity contribution < 1.29 is 14.4 Å². The molecule has 0 saturated carbocycles. The summed E-state index contributed by atoms with van der Waals surface area (Å²) in [6.45, 7) is 7.42. The topological polar surface area (TPSA) is 66.5 Å². The van der Waals surface area contributed by atoms with Crippen molar-refractivity contribution in [2.45, 2.75) is 40.2 Å². The van der Waals surface area contributed by atoms with Crippen LogP contribution >= 0.6 is 0 Å². The maximum absolute atomic E-state index is 12.2. The number of hydrogen-bond acceptors (Lipinski definition) is 3. The fourth-order valence-electron chi connectivity index (χ4n) is 2.05. The number of likely N-dealkylation sites (N-methyl/N-ethyl adjacent to an activating group) is 1. The van der Waals surface area contributed by atoms with E-state index in [9.17, 15) is 14.4 Å². The lowest BCUT2D eigenvalue weighted by Gasteiger charge is -2.20. The van der Waals surface area contributed by atoms with Crippen LogP contribution in [0.15, 0.2) is 23.3 Å². The zero-order valence-electron chi connectivity index (χ0n) is 11.8. The second-order valence-electron chi connectivity index (χ2n) is 4.28. The van der Waals surface area contributed by atoms with Crippen LogP contribution in [0.5, 0.6) is 0 Å². The van der Waals surface area contributed by atoms with E-state index in [1.165, 1.54) is 0 Å². The Morgan fingerprint density at radius 1 is 1.26 bits per heavy atom. The van der Waals surface area contributed by atoms with Crippen molar-refractivity contribution in [1.29, 1.82) is 0 Å². The zero-order chi connectivity index (χ0) is 14.6. The molecule has 104 valence electrons. The summed E-state index contributed by atoms with van der Waals surface area (Å²) < 4.78 is 0. The minimum Gasteiger partial charge on any atom is -0.355 e. The normalized spacial score (nSPS) is 21.4. The number of carbonyl (C=O) groups excluding carboxylic acids is 3. The Labute approximate surface area is 113 Å². The Morgan fingerprint density at radius 3 is 2.32 bits per heavy atom. The van der Waals surface area contributed by atoms with Gasteiger partial charge in [-0.15, -0.1) is 0 Å². The van der Waals surface area contributed by atoms with Crippen LogP contribution in [0.3, 0.4) is 0 Å². The van der Waals surface area contributed by atoms with Crippen LogP contribution in [0.1, 0.15) is 34.1 Å². The number of imide groups is 1. The first-order valence-corrected chi connectivity index (χ1v) is 6.51. The molecule has 5 heteroatoms. The smallest absolute Gasteiger partial charge is 0.261 e. The third kappa shape index (κ3) is 2.75. The number of carbonyl (C=O) groups is 3. The molecule has 1 atom stereocenters. The Bertz CT molecular complexity index is 463. The summed E-state index contributed by atoms with van der Waals surface area (Å²) >= 11 is 0. The average molecular weight is 264 g/mol. The number of nitrogens with one attached hydrogen (secondary N) is 1. The van der Waals surface area contributed by atoms with E-state index in [1.807, 2.05) is 6.92 Å². The summed E-state index contributed by atoms with van der Waals surface area (Å²) in [4.78, 5) is 37.3. The largest absolute Gasteiger partial charge is 0.355 e. The quantitative estimate of drug-likeness (QED) is 0.612. The third-order valence-electron chi connectivity index (χ3n) is 3.00. The number of rotatable bonds is 4. The van der Waals surface area contributed by atoms with Crippen LogP contribution in [0.4, 0.5) is 0 Å². The van der Waals surface area contributed by atoms with Crippen molar-refractivity contribution in [3.05, 3.63) is 23.3 Å². The van der Waals surface area contributed by atoms with E-state index in [-0.39, 0.29) is 5.91 Å². The fraction of sp³-hybridized carbons (Fsp3) is 0.500. The molecule has 0 bridgehead atoms. The highest BCUT2D eigenvalue weighted by molar-refractivity contribution is 6.25. The Kier molecular flexibility index (Phi) is 5.03. The van der Waals surface area contributed by atoms with Crippen molar-refractivity contribution in [1.82, 2.24) is 10.2 Å². The second kappa shape index (κ2) is 6.31. The van der Waals surface area contributed by atoms with Gasteiger partial charge in [0.1, 0.15) is 6.04 Å². The number of amides is 3. The van der Waals surface area contributed by atoms with E-state index in [2.05, 4.69) is 5.32 Å². The van der Waals surface area contributed by atoms with Crippen molar-refractivity contribution in [2.75, 3.05) is 6.54 Å². The second-order valence-corrected chi connectivity index (χ2v) is 4.28. The molecule has 1 unspecified atom stereocenters. The molecule has 0 radical (unpaired) electrons. The zero-order valence-corrected chi connectivity index (χ0v) is 11.8. The van der Waals surface area contributed by atoms with Gasteiger partial charge in [-0.25, -0.2) is 0 Å². The van der Waals surface area contributed by atoms with Gasteiger partial charge in [0.2, 0.25) is 5.91 Å². The molecule has 0 aromatic rings. The van der Waals surface area contributed by atoms with Crippen molar-refractivity contribution in [3.8, 4) is 0 Å². The number of hydrogen-bond donors (Lipinski definition) is 1.